The van der Waals surface area contributed by atoms with Gasteiger partial charge in [-0.15, -0.1) is 0 Å². The van der Waals surface area contributed by atoms with E-state index in [1.807, 2.05) is 12.1 Å². The second-order valence-corrected chi connectivity index (χ2v) is 13.1. The third-order valence-electron chi connectivity index (χ3n) is 10.4. The van der Waals surface area contributed by atoms with Crippen molar-refractivity contribution in [1.82, 2.24) is 27.9 Å². The molecule has 12 aromatic rings. The van der Waals surface area contributed by atoms with Gasteiger partial charge in [0.1, 0.15) is 11.2 Å². The lowest BCUT2D eigenvalue weighted by molar-refractivity contribution is 0.669. The molecule has 0 aliphatic heterocycles. The number of fused-ring (bicyclic) bond motifs is 13. The van der Waals surface area contributed by atoms with Crippen molar-refractivity contribution in [3.8, 4) is 22.5 Å². The number of rotatable bonds is 3. The lowest BCUT2D eigenvalue weighted by Gasteiger charge is -2.09. The molecule has 0 amide bonds. The van der Waals surface area contributed by atoms with Gasteiger partial charge in [0.15, 0.2) is 0 Å². The normalized spacial score (nSPS) is 12.3. The molecule has 12 rings (SSSR count). The third-order valence-corrected chi connectivity index (χ3v) is 10.4. The summed E-state index contributed by atoms with van der Waals surface area (Å²) in [6, 6.07) is 55.2. The first-order valence-electron chi connectivity index (χ1n) is 17.1. The first-order valence-corrected chi connectivity index (χ1v) is 17.1. The standard InChI is InChI=1S/C44H26N6O/c1-3-15-33-31(13-1)45-43-47(35-17-5-6-18-36(35)48(33)43)29-12-9-11-27(25-29)28-23-24-40-30(26-28)42-39(21-10-22-41(42)51-40)50-38-20-8-7-19-37(38)49-34-16-4-2-14-32(34)46-44(49)50/h1-26H. The number of imidazole rings is 4. The zero-order valence-corrected chi connectivity index (χ0v) is 27.1. The number of nitrogens with zero attached hydrogens (tertiary/aromatic N) is 6. The van der Waals surface area contributed by atoms with Crippen LogP contribution in [0.3, 0.4) is 0 Å². The first kappa shape index (κ1) is 26.8. The fraction of sp³-hybridized carbons (Fsp3) is 0. The molecule has 0 unspecified atom stereocenters. The van der Waals surface area contributed by atoms with Crippen molar-refractivity contribution in [3.63, 3.8) is 0 Å². The summed E-state index contributed by atoms with van der Waals surface area (Å²) < 4.78 is 15.6. The molecule has 7 aromatic carbocycles. The Kier molecular flexibility index (Phi) is 5.12. The summed E-state index contributed by atoms with van der Waals surface area (Å²) in [6.07, 6.45) is 0. The van der Waals surface area contributed by atoms with E-state index in [4.69, 9.17) is 14.4 Å². The number of para-hydroxylation sites is 8. The summed E-state index contributed by atoms with van der Waals surface area (Å²) in [7, 11) is 0. The molecule has 0 aliphatic carbocycles. The van der Waals surface area contributed by atoms with Crippen molar-refractivity contribution < 1.29 is 4.42 Å². The summed E-state index contributed by atoms with van der Waals surface area (Å²) >= 11 is 0. The van der Waals surface area contributed by atoms with Crippen LogP contribution < -0.4 is 0 Å². The monoisotopic (exact) mass is 654 g/mol. The minimum Gasteiger partial charge on any atom is -0.456 e. The van der Waals surface area contributed by atoms with E-state index in [1.54, 1.807) is 0 Å². The highest BCUT2D eigenvalue weighted by atomic mass is 16.3. The van der Waals surface area contributed by atoms with E-state index in [2.05, 4.69) is 164 Å². The van der Waals surface area contributed by atoms with Crippen molar-refractivity contribution in [2.75, 3.05) is 0 Å². The highest BCUT2D eigenvalue weighted by Gasteiger charge is 2.21. The van der Waals surface area contributed by atoms with Crippen LogP contribution in [0.4, 0.5) is 0 Å². The molecule has 0 atom stereocenters. The average Bonchev–Trinajstić information content (AvgIpc) is 3.98. The molecule has 0 bridgehead atoms. The zero-order valence-electron chi connectivity index (χ0n) is 27.1. The molecule has 51 heavy (non-hydrogen) atoms. The quantitative estimate of drug-likeness (QED) is 0.190. The molecule has 0 fully saturated rings. The Hall–Kier alpha value is -7.12. The highest BCUT2D eigenvalue weighted by Crippen LogP contribution is 2.39. The van der Waals surface area contributed by atoms with Crippen molar-refractivity contribution in [1.29, 1.82) is 0 Å². The Bertz CT molecular complexity index is 3390. The number of hydrogen-bond donors (Lipinski definition) is 0. The summed E-state index contributed by atoms with van der Waals surface area (Å²) in [6.45, 7) is 0. The van der Waals surface area contributed by atoms with Crippen LogP contribution in [0, 0.1) is 0 Å². The Balaban J connectivity index is 1.08. The van der Waals surface area contributed by atoms with Crippen LogP contribution in [-0.2, 0) is 0 Å². The maximum absolute atomic E-state index is 6.52. The van der Waals surface area contributed by atoms with Crippen LogP contribution >= 0.6 is 0 Å². The van der Waals surface area contributed by atoms with Crippen LogP contribution in [0.1, 0.15) is 0 Å². The van der Waals surface area contributed by atoms with Crippen molar-refractivity contribution >= 4 is 77.6 Å². The van der Waals surface area contributed by atoms with Gasteiger partial charge in [0.25, 0.3) is 0 Å². The van der Waals surface area contributed by atoms with Gasteiger partial charge in [0, 0.05) is 11.1 Å². The maximum atomic E-state index is 6.52. The second kappa shape index (κ2) is 9.74. The van der Waals surface area contributed by atoms with Gasteiger partial charge < -0.3 is 4.42 Å². The number of furan rings is 1. The lowest BCUT2D eigenvalue weighted by Crippen LogP contribution is -1.96. The van der Waals surface area contributed by atoms with E-state index in [-0.39, 0.29) is 0 Å². The van der Waals surface area contributed by atoms with Gasteiger partial charge in [-0.25, -0.2) is 9.97 Å². The predicted molar refractivity (Wildman–Crippen MR) is 205 cm³/mol. The average molecular weight is 655 g/mol. The van der Waals surface area contributed by atoms with Crippen molar-refractivity contribution in [2.24, 2.45) is 0 Å². The summed E-state index contributed by atoms with van der Waals surface area (Å²) in [4.78, 5) is 10.2. The predicted octanol–water partition coefficient (Wildman–Crippen LogP) is 10.7. The Morgan fingerprint density at radius 2 is 0.980 bits per heavy atom. The van der Waals surface area contributed by atoms with Crippen molar-refractivity contribution in [3.05, 3.63) is 158 Å². The number of hydrogen-bond acceptors (Lipinski definition) is 3. The summed E-state index contributed by atoms with van der Waals surface area (Å²) in [5.41, 5.74) is 14.6. The van der Waals surface area contributed by atoms with Gasteiger partial charge in [-0.2, -0.15) is 0 Å². The Morgan fingerprint density at radius 3 is 1.69 bits per heavy atom. The number of aromatic nitrogens is 6. The smallest absolute Gasteiger partial charge is 0.220 e. The third kappa shape index (κ3) is 3.56. The van der Waals surface area contributed by atoms with Crippen molar-refractivity contribution in [2.45, 2.75) is 0 Å². The molecular weight excluding hydrogens is 629 g/mol. The molecule has 238 valence electrons. The molecule has 0 saturated heterocycles. The van der Waals surface area contributed by atoms with Gasteiger partial charge in [0.05, 0.1) is 55.2 Å². The fourth-order valence-corrected chi connectivity index (χ4v) is 8.19. The van der Waals surface area contributed by atoms with Crippen LogP contribution in [0.15, 0.2) is 162 Å². The zero-order chi connectivity index (χ0) is 33.2. The maximum Gasteiger partial charge on any atom is 0.220 e. The lowest BCUT2D eigenvalue weighted by atomic mass is 10.0. The molecule has 7 heteroatoms. The summed E-state index contributed by atoms with van der Waals surface area (Å²) in [5.74, 6) is 1.77. The molecule has 5 heterocycles. The van der Waals surface area contributed by atoms with Gasteiger partial charge in [-0.3, -0.25) is 17.9 Å². The minimum absolute atomic E-state index is 0.841. The van der Waals surface area contributed by atoms with E-state index in [1.165, 1.54) is 0 Å². The fourth-order valence-electron chi connectivity index (χ4n) is 8.19. The molecule has 0 saturated carbocycles. The molecule has 5 aromatic heterocycles. The van der Waals surface area contributed by atoms with Gasteiger partial charge in [-0.1, -0.05) is 72.8 Å². The van der Waals surface area contributed by atoms with Gasteiger partial charge in [0.2, 0.25) is 11.6 Å². The van der Waals surface area contributed by atoms with Crippen LogP contribution in [0.2, 0.25) is 0 Å². The molecule has 7 nitrogen and oxygen atoms in total. The molecule has 0 N–H and O–H groups in total. The van der Waals surface area contributed by atoms with E-state index < -0.39 is 0 Å². The number of benzene rings is 7. The highest BCUT2D eigenvalue weighted by molar-refractivity contribution is 6.11. The minimum atomic E-state index is 0.841. The molecular formula is C44H26N6O. The molecule has 0 spiro atoms. The van der Waals surface area contributed by atoms with Gasteiger partial charge >= 0.3 is 0 Å². The van der Waals surface area contributed by atoms with Crippen LogP contribution in [0.25, 0.3) is 100 Å². The largest absolute Gasteiger partial charge is 0.456 e. The van der Waals surface area contributed by atoms with Crippen LogP contribution in [0.5, 0.6) is 0 Å². The Morgan fingerprint density at radius 1 is 0.412 bits per heavy atom. The van der Waals surface area contributed by atoms with E-state index >= 15 is 0 Å². The first-order chi connectivity index (χ1) is 25.3. The molecule has 0 radical (unpaired) electrons. The second-order valence-electron chi connectivity index (χ2n) is 13.1. The summed E-state index contributed by atoms with van der Waals surface area (Å²) in [5, 5.41) is 2.12. The Labute approximate surface area is 289 Å². The van der Waals surface area contributed by atoms with Gasteiger partial charge in [-0.05, 0) is 96.1 Å². The topological polar surface area (TPSA) is 57.6 Å². The van der Waals surface area contributed by atoms with Crippen LogP contribution in [-0.4, -0.2) is 27.9 Å². The SMILES string of the molecule is c1cc(-c2ccc3oc4cccc(-n5c6ccccc6n6c7ccccc7nc56)c4c3c2)cc(-n2c3ccccc3n3c4ccccc4nc23)c1. The van der Waals surface area contributed by atoms with E-state index in [0.717, 1.165) is 100 Å². The van der Waals surface area contributed by atoms with E-state index in [9.17, 15) is 0 Å². The van der Waals surface area contributed by atoms with E-state index in [0.29, 0.717) is 0 Å². The molecule has 0 aliphatic rings.